The minimum Gasteiger partial charge on any atom is -0.360 e. The van der Waals surface area contributed by atoms with Gasteiger partial charge in [0.05, 0.1) is 5.37 Å². The molecule has 1 N–H and O–H groups in total. The lowest BCUT2D eigenvalue weighted by Crippen LogP contribution is -2.52. The Bertz CT molecular complexity index is 197. The van der Waals surface area contributed by atoms with Crippen molar-refractivity contribution in [2.45, 2.75) is 44.5 Å². The lowest BCUT2D eigenvalue weighted by Gasteiger charge is -2.38. The minimum atomic E-state index is 0.526. The van der Waals surface area contributed by atoms with Crippen molar-refractivity contribution >= 4 is 29.1 Å². The smallest absolute Gasteiger partial charge is 0.169 e. The van der Waals surface area contributed by atoms with Crippen molar-refractivity contribution in [1.29, 1.82) is 0 Å². The van der Waals surface area contributed by atoms with Gasteiger partial charge in [-0.2, -0.15) is 0 Å². The van der Waals surface area contributed by atoms with Crippen LogP contribution in [0.25, 0.3) is 0 Å². The second kappa shape index (κ2) is 5.81. The molecule has 0 saturated carbocycles. The summed E-state index contributed by atoms with van der Waals surface area (Å²) in [6.45, 7) is 4.44. The van der Waals surface area contributed by atoms with E-state index < -0.39 is 0 Å². The second-order valence-corrected chi connectivity index (χ2v) is 5.55. The molecule has 0 aromatic carbocycles. The highest BCUT2D eigenvalue weighted by Gasteiger charge is 2.25. The normalized spacial score (nSPS) is 27.6. The van der Waals surface area contributed by atoms with Crippen LogP contribution in [0.1, 0.15) is 33.1 Å². The summed E-state index contributed by atoms with van der Waals surface area (Å²) in [7, 11) is 2.09. The van der Waals surface area contributed by atoms with Gasteiger partial charge in [-0.05, 0) is 37.7 Å². The van der Waals surface area contributed by atoms with E-state index in [4.69, 9.17) is 12.2 Å². The van der Waals surface area contributed by atoms with E-state index in [0.29, 0.717) is 11.4 Å². The first kappa shape index (κ1) is 12.1. The molecule has 0 radical (unpaired) electrons. The molecule has 1 heterocycles. The topological polar surface area (TPSA) is 15.3 Å². The molecule has 1 saturated heterocycles. The number of hydrogen-bond donors (Lipinski definition) is 1. The van der Waals surface area contributed by atoms with Crippen LogP contribution in [0.3, 0.4) is 0 Å². The highest BCUT2D eigenvalue weighted by Crippen LogP contribution is 2.24. The van der Waals surface area contributed by atoms with Crippen LogP contribution in [-0.4, -0.2) is 34.2 Å². The summed E-state index contributed by atoms with van der Waals surface area (Å²) in [4.78, 5) is 2.19. The maximum Gasteiger partial charge on any atom is 0.169 e. The average molecular weight is 232 g/mol. The quantitative estimate of drug-likeness (QED) is 0.591. The zero-order valence-corrected chi connectivity index (χ0v) is 10.9. The Morgan fingerprint density at radius 2 is 2.36 bits per heavy atom. The number of nitrogens with one attached hydrogen (secondary N) is 1. The maximum absolute atomic E-state index is 5.26. The van der Waals surface area contributed by atoms with Crippen LogP contribution in [0, 0.1) is 0 Å². The fourth-order valence-electron chi connectivity index (χ4n) is 1.51. The van der Waals surface area contributed by atoms with E-state index >= 15 is 0 Å². The van der Waals surface area contributed by atoms with Gasteiger partial charge >= 0.3 is 0 Å². The fourth-order valence-corrected chi connectivity index (χ4v) is 3.38. The van der Waals surface area contributed by atoms with Crippen molar-refractivity contribution in [2.75, 3.05) is 12.8 Å². The van der Waals surface area contributed by atoms with Crippen LogP contribution in [0.2, 0.25) is 0 Å². The summed E-state index contributed by atoms with van der Waals surface area (Å²) in [5.74, 6) is 1.25. The third-order valence-electron chi connectivity index (χ3n) is 2.49. The van der Waals surface area contributed by atoms with E-state index in [-0.39, 0.29) is 0 Å². The summed E-state index contributed by atoms with van der Waals surface area (Å²) in [5, 5.41) is 4.77. The maximum atomic E-state index is 5.26. The molecule has 1 rings (SSSR count). The molecule has 1 aliphatic heterocycles. The number of rotatable bonds is 4. The third-order valence-corrected chi connectivity index (χ3v) is 4.31. The molecule has 0 bridgehead atoms. The summed E-state index contributed by atoms with van der Waals surface area (Å²) < 4.78 is 0. The monoisotopic (exact) mass is 232 g/mol. The molecule has 0 spiro atoms. The third kappa shape index (κ3) is 3.31. The van der Waals surface area contributed by atoms with Crippen molar-refractivity contribution in [2.24, 2.45) is 0 Å². The fraction of sp³-hybridized carbons (Fsp3) is 0.900. The summed E-state index contributed by atoms with van der Waals surface area (Å²) in [6.07, 6.45) is 3.77. The van der Waals surface area contributed by atoms with E-state index in [9.17, 15) is 0 Å². The first-order chi connectivity index (χ1) is 6.65. The van der Waals surface area contributed by atoms with Crippen molar-refractivity contribution in [3.63, 3.8) is 0 Å². The van der Waals surface area contributed by atoms with Gasteiger partial charge in [0.2, 0.25) is 0 Å². The Balaban J connectivity index is 2.37. The van der Waals surface area contributed by atoms with Gasteiger partial charge in [0, 0.05) is 13.1 Å². The molecule has 14 heavy (non-hydrogen) atoms. The zero-order valence-electron chi connectivity index (χ0n) is 9.25. The van der Waals surface area contributed by atoms with Gasteiger partial charge in [-0.15, -0.1) is 11.8 Å². The van der Waals surface area contributed by atoms with Gasteiger partial charge in [-0.1, -0.05) is 13.3 Å². The molecular weight excluding hydrogens is 212 g/mol. The predicted molar refractivity (Wildman–Crippen MR) is 68.7 cm³/mol. The Morgan fingerprint density at radius 1 is 1.64 bits per heavy atom. The summed E-state index contributed by atoms with van der Waals surface area (Å²) in [6, 6.07) is 0.526. The Labute approximate surface area is 96.8 Å². The van der Waals surface area contributed by atoms with E-state index in [0.717, 1.165) is 5.11 Å². The zero-order chi connectivity index (χ0) is 10.6. The van der Waals surface area contributed by atoms with Crippen LogP contribution in [0.4, 0.5) is 0 Å². The molecule has 2 nitrogen and oxygen atoms in total. The highest BCUT2D eigenvalue weighted by atomic mass is 32.2. The molecule has 0 aromatic heterocycles. The Hall–Kier alpha value is 0.0400. The average Bonchev–Trinajstić information content (AvgIpc) is 2.13. The summed E-state index contributed by atoms with van der Waals surface area (Å²) in [5.41, 5.74) is 0. The van der Waals surface area contributed by atoms with E-state index in [2.05, 4.69) is 31.1 Å². The SMILES string of the molecule is CCCCSC1CC(C)NC(=S)N1C. The van der Waals surface area contributed by atoms with Gasteiger partial charge in [0.25, 0.3) is 0 Å². The van der Waals surface area contributed by atoms with Gasteiger partial charge in [-0.3, -0.25) is 0 Å². The van der Waals surface area contributed by atoms with Gasteiger partial charge in [0.15, 0.2) is 5.11 Å². The van der Waals surface area contributed by atoms with Crippen LogP contribution in [0.15, 0.2) is 0 Å². The second-order valence-electron chi connectivity index (χ2n) is 3.88. The number of nitrogens with zero attached hydrogens (tertiary/aromatic N) is 1. The van der Waals surface area contributed by atoms with Gasteiger partial charge < -0.3 is 10.2 Å². The minimum absolute atomic E-state index is 0.526. The molecule has 2 unspecified atom stereocenters. The number of thiocarbonyl (C=S) groups is 1. The van der Waals surface area contributed by atoms with E-state index in [1.165, 1.54) is 25.0 Å². The lowest BCUT2D eigenvalue weighted by atomic mass is 10.2. The molecule has 4 heteroatoms. The first-order valence-electron chi connectivity index (χ1n) is 5.30. The number of thioether (sulfide) groups is 1. The molecule has 1 fully saturated rings. The van der Waals surface area contributed by atoms with Crippen LogP contribution in [0.5, 0.6) is 0 Å². The van der Waals surface area contributed by atoms with Crippen molar-refractivity contribution < 1.29 is 0 Å². The van der Waals surface area contributed by atoms with Crippen LogP contribution < -0.4 is 5.32 Å². The van der Waals surface area contributed by atoms with Crippen molar-refractivity contribution in [3.8, 4) is 0 Å². The molecule has 0 aliphatic carbocycles. The molecule has 0 aromatic rings. The highest BCUT2D eigenvalue weighted by molar-refractivity contribution is 7.99. The molecule has 82 valence electrons. The van der Waals surface area contributed by atoms with E-state index in [1.807, 2.05) is 11.8 Å². The van der Waals surface area contributed by atoms with E-state index in [1.54, 1.807) is 0 Å². The Morgan fingerprint density at radius 3 is 3.00 bits per heavy atom. The van der Waals surface area contributed by atoms with Gasteiger partial charge in [0.1, 0.15) is 0 Å². The van der Waals surface area contributed by atoms with Crippen molar-refractivity contribution in [1.82, 2.24) is 10.2 Å². The standard InChI is InChI=1S/C10H20N2S2/c1-4-5-6-14-9-7-8(2)11-10(13)12(9)3/h8-9H,4-7H2,1-3H3,(H,11,13). The molecule has 1 aliphatic rings. The Kier molecular flexibility index (Phi) is 5.02. The number of hydrogen-bond acceptors (Lipinski definition) is 2. The molecule has 2 atom stereocenters. The van der Waals surface area contributed by atoms with Gasteiger partial charge in [-0.25, -0.2) is 0 Å². The lowest BCUT2D eigenvalue weighted by molar-refractivity contribution is 0.363. The largest absolute Gasteiger partial charge is 0.360 e. The van der Waals surface area contributed by atoms with Crippen LogP contribution in [-0.2, 0) is 0 Å². The molecule has 0 amide bonds. The first-order valence-corrected chi connectivity index (χ1v) is 6.75. The molecular formula is C10H20N2S2. The number of unbranched alkanes of at least 4 members (excludes halogenated alkanes) is 1. The van der Waals surface area contributed by atoms with Crippen molar-refractivity contribution in [3.05, 3.63) is 0 Å². The predicted octanol–water partition coefficient (Wildman–Crippen LogP) is 2.44. The summed E-state index contributed by atoms with van der Waals surface area (Å²) >= 11 is 7.30. The van der Waals surface area contributed by atoms with Crippen LogP contribution >= 0.6 is 24.0 Å².